The third-order valence-corrected chi connectivity index (χ3v) is 4.50. The van der Waals surface area contributed by atoms with E-state index < -0.39 is 17.9 Å². The molecule has 4 N–H and O–H groups in total. The molecule has 1 heterocycles. The van der Waals surface area contributed by atoms with Gasteiger partial charge in [0.15, 0.2) is 0 Å². The van der Waals surface area contributed by atoms with Crippen LogP contribution in [0.2, 0.25) is 0 Å². The van der Waals surface area contributed by atoms with Gasteiger partial charge in [-0.1, -0.05) is 24.3 Å². The molecule has 1 aliphatic rings. The molecule has 0 aliphatic carbocycles. The topological polar surface area (TPSA) is 117 Å². The van der Waals surface area contributed by atoms with E-state index in [4.69, 9.17) is 5.73 Å². The lowest BCUT2D eigenvalue weighted by atomic mass is 10.1. The van der Waals surface area contributed by atoms with Crippen molar-refractivity contribution in [1.29, 1.82) is 0 Å². The number of nitrogens with two attached hydrogens (primary N) is 1. The van der Waals surface area contributed by atoms with Crippen molar-refractivity contribution in [3.63, 3.8) is 0 Å². The van der Waals surface area contributed by atoms with Crippen LogP contribution < -0.4 is 21.4 Å². The second-order valence-electron chi connectivity index (χ2n) is 6.41. The molecule has 1 aliphatic heterocycles. The predicted molar refractivity (Wildman–Crippen MR) is 107 cm³/mol. The number of nitrogens with one attached hydrogen (secondary N) is 2. The van der Waals surface area contributed by atoms with Crippen LogP contribution in [-0.2, 0) is 9.59 Å². The Morgan fingerprint density at radius 3 is 2.46 bits per heavy atom. The first-order valence-corrected chi connectivity index (χ1v) is 8.76. The molecule has 0 fully saturated rings. The van der Waals surface area contributed by atoms with Gasteiger partial charge in [0.2, 0.25) is 5.91 Å². The summed E-state index contributed by atoms with van der Waals surface area (Å²) < 4.78 is 0. The Kier molecular flexibility index (Phi) is 5.39. The first-order chi connectivity index (χ1) is 13.4. The minimum Gasteiger partial charge on any atom is -0.368 e. The van der Waals surface area contributed by atoms with Crippen LogP contribution >= 0.6 is 0 Å². The summed E-state index contributed by atoms with van der Waals surface area (Å²) in [7, 11) is 1.54. The van der Waals surface area contributed by atoms with Crippen molar-refractivity contribution in [2.24, 2.45) is 10.8 Å². The molecule has 28 heavy (non-hydrogen) atoms. The fourth-order valence-corrected chi connectivity index (χ4v) is 2.92. The van der Waals surface area contributed by atoms with Gasteiger partial charge in [0, 0.05) is 24.7 Å². The van der Waals surface area contributed by atoms with E-state index in [2.05, 4.69) is 15.7 Å². The lowest BCUT2D eigenvalue weighted by Crippen LogP contribution is -2.39. The minimum atomic E-state index is -0.735. The molecule has 144 valence electrons. The van der Waals surface area contributed by atoms with Crippen LogP contribution in [0.15, 0.2) is 53.6 Å². The molecular formula is C20H21N5O3. The van der Waals surface area contributed by atoms with Crippen molar-refractivity contribution < 1.29 is 14.4 Å². The molecule has 0 saturated carbocycles. The summed E-state index contributed by atoms with van der Waals surface area (Å²) in [6, 6.07) is 13.3. The van der Waals surface area contributed by atoms with Gasteiger partial charge in [-0.3, -0.25) is 19.4 Å². The Morgan fingerprint density at radius 2 is 1.82 bits per heavy atom. The number of carbonyl (C=O) groups excluding carboxylic acids is 3. The predicted octanol–water partition coefficient (Wildman–Crippen LogP) is 1.41. The van der Waals surface area contributed by atoms with Gasteiger partial charge in [0.25, 0.3) is 11.8 Å². The Bertz CT molecular complexity index is 956. The van der Waals surface area contributed by atoms with E-state index >= 15 is 0 Å². The number of hydrazone groups is 1. The average molecular weight is 379 g/mol. The number of para-hydroxylation sites is 1. The molecule has 3 amide bonds. The van der Waals surface area contributed by atoms with Gasteiger partial charge in [-0.05, 0) is 36.8 Å². The number of benzene rings is 2. The van der Waals surface area contributed by atoms with Crippen molar-refractivity contribution >= 4 is 34.8 Å². The summed E-state index contributed by atoms with van der Waals surface area (Å²) in [5, 5.41) is 11.1. The van der Waals surface area contributed by atoms with E-state index in [9.17, 15) is 14.4 Å². The number of aryl methyl sites for hydroxylation is 1. The Balaban J connectivity index is 1.85. The van der Waals surface area contributed by atoms with Gasteiger partial charge in [-0.2, -0.15) is 5.10 Å². The number of nitrogens with zero attached hydrogens (tertiary/aromatic N) is 2. The molecule has 0 radical (unpaired) electrons. The highest BCUT2D eigenvalue weighted by Crippen LogP contribution is 2.25. The van der Waals surface area contributed by atoms with Gasteiger partial charge in [0.1, 0.15) is 11.8 Å². The molecule has 0 bridgehead atoms. The van der Waals surface area contributed by atoms with E-state index in [0.717, 1.165) is 5.56 Å². The number of hydrogen-bond donors (Lipinski definition) is 3. The monoisotopic (exact) mass is 379 g/mol. The Labute approximate surface area is 162 Å². The molecule has 0 aromatic heterocycles. The van der Waals surface area contributed by atoms with Crippen LogP contribution in [0.1, 0.15) is 22.3 Å². The van der Waals surface area contributed by atoms with Gasteiger partial charge < -0.3 is 16.4 Å². The second-order valence-corrected chi connectivity index (χ2v) is 6.41. The second kappa shape index (κ2) is 7.91. The normalized spacial score (nSPS) is 15.7. The molecule has 3 rings (SSSR count). The maximum Gasteiger partial charge on any atom is 0.271 e. The average Bonchev–Trinajstić information content (AvgIpc) is 3.15. The summed E-state index contributed by atoms with van der Waals surface area (Å²) in [4.78, 5) is 36.4. The van der Waals surface area contributed by atoms with Crippen LogP contribution in [0.25, 0.3) is 0 Å². The summed E-state index contributed by atoms with van der Waals surface area (Å²) in [6.07, 6.45) is 0.101. The quantitative estimate of drug-likeness (QED) is 0.728. The standard InChI is InChI=1S/C20H21N5O3/c1-12-8-9-13(19(27)22-2)10-15(12)23-20(28)16-11-17(18(21)26)25(24-16)14-6-4-3-5-7-14/h3-10,17H,11H2,1-2H3,(H2,21,26)(H,22,27)(H,23,28). The number of rotatable bonds is 5. The van der Waals surface area contributed by atoms with Crippen molar-refractivity contribution in [2.75, 3.05) is 17.4 Å². The molecule has 8 heteroatoms. The van der Waals surface area contributed by atoms with E-state index in [1.54, 1.807) is 30.3 Å². The van der Waals surface area contributed by atoms with Crippen molar-refractivity contribution in [3.05, 3.63) is 59.7 Å². The van der Waals surface area contributed by atoms with Gasteiger partial charge in [-0.25, -0.2) is 0 Å². The molecule has 0 spiro atoms. The fraction of sp³-hybridized carbons (Fsp3) is 0.200. The molecule has 0 saturated heterocycles. The van der Waals surface area contributed by atoms with Crippen molar-refractivity contribution in [2.45, 2.75) is 19.4 Å². The summed E-state index contributed by atoms with van der Waals surface area (Å²) in [5.74, 6) is -1.26. The minimum absolute atomic E-state index is 0.101. The van der Waals surface area contributed by atoms with E-state index in [1.807, 2.05) is 25.1 Å². The number of hydrogen-bond acceptors (Lipinski definition) is 5. The maximum absolute atomic E-state index is 12.7. The largest absolute Gasteiger partial charge is 0.368 e. The third kappa shape index (κ3) is 3.85. The van der Waals surface area contributed by atoms with Crippen LogP contribution in [0.5, 0.6) is 0 Å². The van der Waals surface area contributed by atoms with E-state index in [-0.39, 0.29) is 18.0 Å². The SMILES string of the molecule is CNC(=O)c1ccc(C)c(NC(=O)C2=NN(c3ccccc3)C(C(N)=O)C2)c1. The van der Waals surface area contributed by atoms with Gasteiger partial charge in [0.05, 0.1) is 5.69 Å². The lowest BCUT2D eigenvalue weighted by Gasteiger charge is -2.20. The third-order valence-electron chi connectivity index (χ3n) is 4.50. The van der Waals surface area contributed by atoms with Crippen LogP contribution in [0.4, 0.5) is 11.4 Å². The van der Waals surface area contributed by atoms with E-state index in [0.29, 0.717) is 16.9 Å². The van der Waals surface area contributed by atoms with Crippen LogP contribution in [-0.4, -0.2) is 36.5 Å². The molecule has 1 atom stereocenters. The number of carbonyl (C=O) groups is 3. The zero-order valence-electron chi connectivity index (χ0n) is 15.6. The molecule has 1 unspecified atom stereocenters. The number of anilines is 2. The number of amides is 3. The molecule has 8 nitrogen and oxygen atoms in total. The van der Waals surface area contributed by atoms with Gasteiger partial charge >= 0.3 is 0 Å². The van der Waals surface area contributed by atoms with Crippen molar-refractivity contribution in [1.82, 2.24) is 5.32 Å². The fourth-order valence-electron chi connectivity index (χ4n) is 2.92. The molecule has 2 aromatic rings. The van der Waals surface area contributed by atoms with Gasteiger partial charge in [-0.15, -0.1) is 0 Å². The highest BCUT2D eigenvalue weighted by molar-refractivity contribution is 6.44. The first-order valence-electron chi connectivity index (χ1n) is 8.76. The highest BCUT2D eigenvalue weighted by Gasteiger charge is 2.35. The zero-order chi connectivity index (χ0) is 20.3. The maximum atomic E-state index is 12.7. The first kappa shape index (κ1) is 19.1. The summed E-state index contributed by atoms with van der Waals surface area (Å²) in [5.41, 5.74) is 8.10. The molecular weight excluding hydrogens is 358 g/mol. The van der Waals surface area contributed by atoms with E-state index in [1.165, 1.54) is 12.1 Å². The van der Waals surface area contributed by atoms with Crippen molar-refractivity contribution in [3.8, 4) is 0 Å². The summed E-state index contributed by atoms with van der Waals surface area (Å²) in [6.45, 7) is 1.82. The van der Waals surface area contributed by atoms with Crippen LogP contribution in [0, 0.1) is 6.92 Å². The van der Waals surface area contributed by atoms with Crippen LogP contribution in [0.3, 0.4) is 0 Å². The Hall–Kier alpha value is -3.68. The Morgan fingerprint density at radius 1 is 1.11 bits per heavy atom. The highest BCUT2D eigenvalue weighted by atomic mass is 16.2. The summed E-state index contributed by atoms with van der Waals surface area (Å²) >= 11 is 0. The lowest BCUT2D eigenvalue weighted by molar-refractivity contribution is -0.119. The molecule has 2 aromatic carbocycles. The smallest absolute Gasteiger partial charge is 0.271 e. The zero-order valence-corrected chi connectivity index (χ0v) is 15.6. The number of primary amides is 1.